The highest BCUT2D eigenvalue weighted by Gasteiger charge is 2.17. The van der Waals surface area contributed by atoms with Gasteiger partial charge in [-0.1, -0.05) is 20.8 Å². The summed E-state index contributed by atoms with van der Waals surface area (Å²) in [5, 5.41) is 3.39. The Morgan fingerprint density at radius 3 is 2.17 bits per heavy atom. The zero-order chi connectivity index (χ0) is 13.4. The number of piperazine rings is 1. The molecule has 1 aliphatic rings. The minimum Gasteiger partial charge on any atom is -0.317 e. The molecule has 1 rings (SSSR count). The van der Waals surface area contributed by atoms with E-state index in [-0.39, 0.29) is 0 Å². The quantitative estimate of drug-likeness (QED) is 0.716. The van der Waals surface area contributed by atoms with Crippen molar-refractivity contribution in [3.05, 3.63) is 0 Å². The van der Waals surface area contributed by atoms with Gasteiger partial charge in [0.2, 0.25) is 0 Å². The normalized spacial score (nSPS) is 20.5. The lowest BCUT2D eigenvalue weighted by Gasteiger charge is -2.35. The first-order valence-electron chi connectivity index (χ1n) is 7.77. The molecule has 3 nitrogen and oxygen atoms in total. The van der Waals surface area contributed by atoms with Crippen LogP contribution in [-0.4, -0.2) is 62.2 Å². The van der Waals surface area contributed by atoms with Gasteiger partial charge in [-0.15, -0.1) is 0 Å². The molecule has 0 amide bonds. The van der Waals surface area contributed by atoms with E-state index < -0.39 is 0 Å². The molecule has 0 aromatic heterocycles. The van der Waals surface area contributed by atoms with Gasteiger partial charge < -0.3 is 15.1 Å². The van der Waals surface area contributed by atoms with E-state index in [0.29, 0.717) is 6.04 Å². The van der Waals surface area contributed by atoms with Crippen LogP contribution >= 0.6 is 0 Å². The predicted octanol–water partition coefficient (Wildman–Crippen LogP) is 2.04. The van der Waals surface area contributed by atoms with Crippen LogP contribution in [-0.2, 0) is 0 Å². The molecule has 1 heterocycles. The van der Waals surface area contributed by atoms with Gasteiger partial charge in [0.1, 0.15) is 0 Å². The lowest BCUT2D eigenvalue weighted by atomic mass is 10.1. The molecule has 0 spiro atoms. The summed E-state index contributed by atoms with van der Waals surface area (Å²) < 4.78 is 0. The third-order valence-corrected chi connectivity index (χ3v) is 4.02. The monoisotopic (exact) mass is 255 g/mol. The minimum atomic E-state index is 0.715. The average Bonchev–Trinajstić information content (AvgIpc) is 2.36. The molecule has 0 bridgehead atoms. The Morgan fingerprint density at radius 2 is 1.67 bits per heavy atom. The van der Waals surface area contributed by atoms with Crippen molar-refractivity contribution in [3.8, 4) is 0 Å². The fraction of sp³-hybridized carbons (Fsp3) is 1.00. The van der Waals surface area contributed by atoms with Crippen LogP contribution in [0.25, 0.3) is 0 Å². The summed E-state index contributed by atoms with van der Waals surface area (Å²) in [6.45, 7) is 14.5. The van der Waals surface area contributed by atoms with Crippen molar-refractivity contribution in [1.82, 2.24) is 15.1 Å². The topological polar surface area (TPSA) is 18.5 Å². The molecule has 0 radical (unpaired) electrons. The van der Waals surface area contributed by atoms with Crippen molar-refractivity contribution >= 4 is 0 Å². The van der Waals surface area contributed by atoms with Gasteiger partial charge in [0.05, 0.1) is 0 Å². The van der Waals surface area contributed by atoms with Gasteiger partial charge in [0.25, 0.3) is 0 Å². The van der Waals surface area contributed by atoms with Crippen molar-refractivity contribution < 1.29 is 0 Å². The molecule has 1 aliphatic heterocycles. The van der Waals surface area contributed by atoms with Gasteiger partial charge in [-0.3, -0.25) is 0 Å². The molecule has 0 aliphatic carbocycles. The maximum atomic E-state index is 3.39. The second kappa shape index (κ2) is 8.89. The largest absolute Gasteiger partial charge is 0.317 e. The number of nitrogens with zero attached hydrogens (tertiary/aromatic N) is 2. The van der Waals surface area contributed by atoms with E-state index in [1.54, 1.807) is 0 Å². The Hall–Kier alpha value is -0.120. The van der Waals surface area contributed by atoms with Crippen molar-refractivity contribution in [2.24, 2.45) is 5.92 Å². The summed E-state index contributed by atoms with van der Waals surface area (Å²) in [5.74, 6) is 0.803. The Morgan fingerprint density at radius 1 is 1.06 bits per heavy atom. The highest BCUT2D eigenvalue weighted by atomic mass is 15.3. The van der Waals surface area contributed by atoms with Crippen LogP contribution < -0.4 is 5.32 Å². The van der Waals surface area contributed by atoms with Crippen molar-refractivity contribution in [2.45, 2.75) is 46.1 Å². The van der Waals surface area contributed by atoms with Crippen molar-refractivity contribution in [2.75, 3.05) is 46.3 Å². The van der Waals surface area contributed by atoms with Gasteiger partial charge in [-0.05, 0) is 38.8 Å². The van der Waals surface area contributed by atoms with E-state index in [2.05, 4.69) is 42.9 Å². The van der Waals surface area contributed by atoms with Gasteiger partial charge >= 0.3 is 0 Å². The molecule has 1 N–H and O–H groups in total. The van der Waals surface area contributed by atoms with Gasteiger partial charge in [-0.2, -0.15) is 0 Å². The number of hydrogen-bond acceptors (Lipinski definition) is 3. The van der Waals surface area contributed by atoms with Gasteiger partial charge in [-0.25, -0.2) is 0 Å². The van der Waals surface area contributed by atoms with E-state index >= 15 is 0 Å². The van der Waals surface area contributed by atoms with Crippen LogP contribution in [0.4, 0.5) is 0 Å². The fourth-order valence-corrected chi connectivity index (χ4v) is 2.83. The van der Waals surface area contributed by atoms with Gasteiger partial charge in [0, 0.05) is 38.8 Å². The molecule has 18 heavy (non-hydrogen) atoms. The lowest BCUT2D eigenvalue weighted by Crippen LogP contribution is -2.47. The third-order valence-electron chi connectivity index (χ3n) is 4.02. The molecule has 3 heteroatoms. The minimum absolute atomic E-state index is 0.715. The van der Waals surface area contributed by atoms with Crippen LogP contribution in [0, 0.1) is 5.92 Å². The van der Waals surface area contributed by atoms with Crippen molar-refractivity contribution in [1.29, 1.82) is 0 Å². The fourth-order valence-electron chi connectivity index (χ4n) is 2.83. The number of hydrogen-bond donors (Lipinski definition) is 1. The summed E-state index contributed by atoms with van der Waals surface area (Å²) in [6.07, 6.45) is 3.90. The first-order chi connectivity index (χ1) is 8.65. The average molecular weight is 255 g/mol. The molecule has 1 saturated heterocycles. The van der Waals surface area contributed by atoms with E-state index in [1.807, 2.05) is 0 Å². The van der Waals surface area contributed by atoms with E-state index in [0.717, 1.165) is 5.92 Å². The zero-order valence-electron chi connectivity index (χ0n) is 12.9. The molecular weight excluding hydrogens is 222 g/mol. The van der Waals surface area contributed by atoms with Crippen LogP contribution in [0.5, 0.6) is 0 Å². The SMILES string of the molecule is CCC(CCCN1CCN(CC(C)C)CC1)NC. The number of rotatable bonds is 8. The predicted molar refractivity (Wildman–Crippen MR) is 80.1 cm³/mol. The van der Waals surface area contributed by atoms with E-state index in [9.17, 15) is 0 Å². The van der Waals surface area contributed by atoms with E-state index in [1.165, 1.54) is 58.5 Å². The first-order valence-corrected chi connectivity index (χ1v) is 7.77. The molecule has 108 valence electrons. The second-order valence-electron chi connectivity index (χ2n) is 6.07. The highest BCUT2D eigenvalue weighted by molar-refractivity contribution is 4.73. The summed E-state index contributed by atoms with van der Waals surface area (Å²) in [4.78, 5) is 5.25. The maximum Gasteiger partial charge on any atom is 0.0110 e. The Balaban J connectivity index is 2.08. The summed E-state index contributed by atoms with van der Waals surface area (Å²) in [5.41, 5.74) is 0. The molecule has 1 unspecified atom stereocenters. The van der Waals surface area contributed by atoms with Crippen LogP contribution in [0.15, 0.2) is 0 Å². The molecule has 0 saturated carbocycles. The Labute approximate surface area is 114 Å². The first kappa shape index (κ1) is 15.9. The molecule has 1 fully saturated rings. The summed E-state index contributed by atoms with van der Waals surface area (Å²) >= 11 is 0. The highest BCUT2D eigenvalue weighted by Crippen LogP contribution is 2.08. The standard InChI is InChI=1S/C15H33N3/c1-5-15(16-4)7-6-8-17-9-11-18(12-10-17)13-14(2)3/h14-16H,5-13H2,1-4H3. The Bertz CT molecular complexity index is 194. The van der Waals surface area contributed by atoms with E-state index in [4.69, 9.17) is 0 Å². The Kier molecular flexibility index (Phi) is 7.87. The van der Waals surface area contributed by atoms with Crippen LogP contribution in [0.2, 0.25) is 0 Å². The smallest absolute Gasteiger partial charge is 0.0110 e. The molecule has 0 aromatic carbocycles. The van der Waals surface area contributed by atoms with Gasteiger partial charge in [0.15, 0.2) is 0 Å². The van der Waals surface area contributed by atoms with Crippen LogP contribution in [0.1, 0.15) is 40.0 Å². The summed E-state index contributed by atoms with van der Waals surface area (Å²) in [7, 11) is 2.08. The third kappa shape index (κ3) is 6.17. The zero-order valence-corrected chi connectivity index (χ0v) is 12.9. The lowest BCUT2D eigenvalue weighted by molar-refractivity contribution is 0.120. The molecular formula is C15H33N3. The summed E-state index contributed by atoms with van der Waals surface area (Å²) in [6, 6.07) is 0.715. The van der Waals surface area contributed by atoms with Crippen molar-refractivity contribution in [3.63, 3.8) is 0 Å². The second-order valence-corrected chi connectivity index (χ2v) is 6.07. The maximum absolute atomic E-state index is 3.39. The molecule has 0 aromatic rings. The number of nitrogens with one attached hydrogen (secondary N) is 1. The molecule has 1 atom stereocenters. The van der Waals surface area contributed by atoms with Crippen LogP contribution in [0.3, 0.4) is 0 Å².